The Kier molecular flexibility index (Phi) is 6.83. The number of benzene rings is 3. The summed E-state index contributed by atoms with van der Waals surface area (Å²) in [5.41, 5.74) is 4.66. The zero-order valence-electron chi connectivity index (χ0n) is 19.9. The molecule has 1 amide bonds. The Balaban J connectivity index is 1.77. The topological polar surface area (TPSA) is 42.7 Å². The summed E-state index contributed by atoms with van der Waals surface area (Å²) in [6, 6.07) is 18.7. The normalized spacial score (nSPS) is 11.8. The zero-order chi connectivity index (χ0) is 23.4. The average molecular weight is 442 g/mol. The molecule has 0 fully saturated rings. The molecular formula is C29H31NO3. The predicted octanol–water partition coefficient (Wildman–Crippen LogP) is 7.31. The summed E-state index contributed by atoms with van der Waals surface area (Å²) < 4.78 is 11.6. The number of rotatable bonds is 8. The molecule has 0 aliphatic carbocycles. The van der Waals surface area contributed by atoms with Crippen molar-refractivity contribution in [1.29, 1.82) is 0 Å². The van der Waals surface area contributed by atoms with E-state index < -0.39 is 0 Å². The minimum atomic E-state index is 0.0419. The van der Waals surface area contributed by atoms with Crippen LogP contribution in [0.25, 0.3) is 38.4 Å². The van der Waals surface area contributed by atoms with Crippen LogP contribution >= 0.6 is 0 Å². The van der Waals surface area contributed by atoms with E-state index in [-0.39, 0.29) is 5.91 Å². The van der Waals surface area contributed by atoms with Crippen molar-refractivity contribution in [3.05, 3.63) is 72.5 Å². The molecule has 1 aromatic heterocycles. The van der Waals surface area contributed by atoms with E-state index in [1.807, 2.05) is 30.0 Å². The monoisotopic (exact) mass is 441 g/mol. The number of hydrogen-bond acceptors (Lipinski definition) is 3. The van der Waals surface area contributed by atoms with Gasteiger partial charge in [0.15, 0.2) is 0 Å². The number of carbonyl (C=O) groups is 1. The van der Waals surface area contributed by atoms with Crippen LogP contribution in [0.4, 0.5) is 0 Å². The lowest BCUT2D eigenvalue weighted by Gasteiger charge is -2.20. The molecule has 1 heterocycles. The average Bonchev–Trinajstić information content (AvgIpc) is 3.25. The van der Waals surface area contributed by atoms with E-state index in [9.17, 15) is 4.79 Å². The second-order valence-electron chi connectivity index (χ2n) is 8.41. The van der Waals surface area contributed by atoms with Gasteiger partial charge in [0, 0.05) is 41.7 Å². The third-order valence-electron chi connectivity index (χ3n) is 6.02. The number of carbonyl (C=O) groups excluding carboxylic acids is 1. The number of hydrogen-bond donors (Lipinski definition) is 0. The van der Waals surface area contributed by atoms with Crippen molar-refractivity contribution in [2.24, 2.45) is 0 Å². The zero-order valence-corrected chi connectivity index (χ0v) is 19.9. The molecule has 4 heteroatoms. The predicted molar refractivity (Wildman–Crippen MR) is 137 cm³/mol. The van der Waals surface area contributed by atoms with E-state index in [0.717, 1.165) is 59.2 Å². The Morgan fingerprint density at radius 3 is 2.42 bits per heavy atom. The molecule has 0 saturated heterocycles. The van der Waals surface area contributed by atoms with Crippen LogP contribution in [-0.2, 0) is 4.79 Å². The minimum absolute atomic E-state index is 0.0419. The molecule has 0 atom stereocenters. The van der Waals surface area contributed by atoms with Gasteiger partial charge in [-0.05, 0) is 53.8 Å². The van der Waals surface area contributed by atoms with Gasteiger partial charge in [0.1, 0.15) is 11.3 Å². The lowest BCUT2D eigenvalue weighted by atomic mass is 9.97. The van der Waals surface area contributed by atoms with Crippen LogP contribution in [-0.4, -0.2) is 31.0 Å². The van der Waals surface area contributed by atoms with Gasteiger partial charge in [-0.15, -0.1) is 0 Å². The molecule has 4 rings (SSSR count). The van der Waals surface area contributed by atoms with E-state index in [2.05, 4.69) is 50.2 Å². The highest BCUT2D eigenvalue weighted by atomic mass is 16.5. The summed E-state index contributed by atoms with van der Waals surface area (Å²) >= 11 is 0. The van der Waals surface area contributed by atoms with Gasteiger partial charge < -0.3 is 14.1 Å². The summed E-state index contributed by atoms with van der Waals surface area (Å²) in [6.45, 7) is 7.68. The van der Waals surface area contributed by atoms with Gasteiger partial charge >= 0.3 is 0 Å². The molecule has 4 aromatic rings. The number of methoxy groups -OCH3 is 1. The summed E-state index contributed by atoms with van der Waals surface area (Å²) in [4.78, 5) is 14.8. The summed E-state index contributed by atoms with van der Waals surface area (Å²) in [5.74, 6) is 0.737. The molecule has 0 spiro atoms. The molecule has 0 N–H and O–H groups in total. The lowest BCUT2D eigenvalue weighted by Crippen LogP contribution is -2.31. The Morgan fingerprint density at radius 1 is 1.00 bits per heavy atom. The van der Waals surface area contributed by atoms with E-state index in [1.165, 1.54) is 10.8 Å². The molecular weight excluding hydrogens is 410 g/mol. The van der Waals surface area contributed by atoms with Crippen molar-refractivity contribution in [3.63, 3.8) is 0 Å². The number of allylic oxidation sites excluding steroid dienone is 1. The molecule has 33 heavy (non-hydrogen) atoms. The molecule has 3 aromatic carbocycles. The first-order valence-corrected chi connectivity index (χ1v) is 11.6. The maximum atomic E-state index is 12.9. The molecule has 0 unspecified atom stereocenters. The molecule has 0 radical (unpaired) electrons. The SMILES string of the molecule is CCCN(CCC)C(=O)/C=C(\C)c1cc2c(-c3ccc4ccccc4c3)coc2cc1OC. The minimum Gasteiger partial charge on any atom is -0.496 e. The smallest absolute Gasteiger partial charge is 0.246 e. The summed E-state index contributed by atoms with van der Waals surface area (Å²) in [5, 5.41) is 3.39. The van der Waals surface area contributed by atoms with E-state index in [4.69, 9.17) is 9.15 Å². The van der Waals surface area contributed by atoms with Crippen LogP contribution in [0.3, 0.4) is 0 Å². The fourth-order valence-corrected chi connectivity index (χ4v) is 4.34. The maximum absolute atomic E-state index is 12.9. The van der Waals surface area contributed by atoms with Crippen LogP contribution < -0.4 is 4.74 Å². The molecule has 0 bridgehead atoms. The maximum Gasteiger partial charge on any atom is 0.246 e. The van der Waals surface area contributed by atoms with Crippen LogP contribution in [0.5, 0.6) is 5.75 Å². The third-order valence-corrected chi connectivity index (χ3v) is 6.02. The van der Waals surface area contributed by atoms with Gasteiger partial charge in [-0.25, -0.2) is 0 Å². The Morgan fingerprint density at radius 2 is 1.73 bits per heavy atom. The molecule has 170 valence electrons. The Hall–Kier alpha value is -3.53. The fraction of sp³-hybridized carbons (Fsp3) is 0.276. The van der Waals surface area contributed by atoms with Gasteiger partial charge in [0.2, 0.25) is 5.91 Å². The fourth-order valence-electron chi connectivity index (χ4n) is 4.34. The van der Waals surface area contributed by atoms with Gasteiger partial charge in [-0.2, -0.15) is 0 Å². The summed E-state index contributed by atoms with van der Waals surface area (Å²) in [7, 11) is 1.65. The van der Waals surface area contributed by atoms with Gasteiger partial charge in [-0.3, -0.25) is 4.79 Å². The van der Waals surface area contributed by atoms with Crippen LogP contribution in [0.2, 0.25) is 0 Å². The van der Waals surface area contributed by atoms with Crippen molar-refractivity contribution in [1.82, 2.24) is 4.90 Å². The van der Waals surface area contributed by atoms with Crippen molar-refractivity contribution in [2.75, 3.05) is 20.2 Å². The van der Waals surface area contributed by atoms with Crippen molar-refractivity contribution in [3.8, 4) is 16.9 Å². The van der Waals surface area contributed by atoms with E-state index >= 15 is 0 Å². The van der Waals surface area contributed by atoms with Crippen LogP contribution in [0.1, 0.15) is 39.2 Å². The molecule has 4 nitrogen and oxygen atoms in total. The van der Waals surface area contributed by atoms with Crippen molar-refractivity contribution in [2.45, 2.75) is 33.6 Å². The van der Waals surface area contributed by atoms with Gasteiger partial charge in [0.25, 0.3) is 0 Å². The third kappa shape index (κ3) is 4.65. The highest BCUT2D eigenvalue weighted by Crippen LogP contribution is 2.38. The standard InChI is InChI=1S/C29H31NO3/c1-5-13-30(14-6-2)29(31)15-20(3)24-17-25-26(19-33-28(25)18-27(24)32-4)23-12-11-21-9-7-8-10-22(21)16-23/h7-12,15-19H,5-6,13-14H2,1-4H3/b20-15+. The second kappa shape index (κ2) is 9.95. The highest BCUT2D eigenvalue weighted by Gasteiger charge is 2.16. The molecule has 0 saturated carbocycles. The Labute approximate surface area is 195 Å². The van der Waals surface area contributed by atoms with Crippen LogP contribution in [0, 0.1) is 0 Å². The van der Waals surface area contributed by atoms with Gasteiger partial charge in [0.05, 0.1) is 13.4 Å². The summed E-state index contributed by atoms with van der Waals surface area (Å²) in [6.07, 6.45) is 5.41. The quantitative estimate of drug-likeness (QED) is 0.269. The first-order valence-electron chi connectivity index (χ1n) is 11.6. The number of fused-ring (bicyclic) bond motifs is 2. The second-order valence-corrected chi connectivity index (χ2v) is 8.41. The largest absolute Gasteiger partial charge is 0.496 e. The highest BCUT2D eigenvalue weighted by molar-refractivity contribution is 6.01. The van der Waals surface area contributed by atoms with E-state index in [0.29, 0.717) is 5.75 Å². The number of amides is 1. The lowest BCUT2D eigenvalue weighted by molar-refractivity contribution is -0.126. The van der Waals surface area contributed by atoms with Crippen LogP contribution in [0.15, 0.2) is 71.4 Å². The number of furan rings is 1. The first-order chi connectivity index (χ1) is 16.0. The van der Waals surface area contributed by atoms with Gasteiger partial charge in [-0.1, -0.05) is 50.2 Å². The Bertz CT molecular complexity index is 1310. The first kappa shape index (κ1) is 22.7. The number of ether oxygens (including phenoxy) is 1. The molecule has 0 aliphatic rings. The van der Waals surface area contributed by atoms with Crippen molar-refractivity contribution >= 4 is 33.2 Å². The van der Waals surface area contributed by atoms with E-state index in [1.54, 1.807) is 19.4 Å². The van der Waals surface area contributed by atoms with Crippen molar-refractivity contribution < 1.29 is 13.9 Å². The number of nitrogens with zero attached hydrogens (tertiary/aromatic N) is 1. The molecule has 0 aliphatic heterocycles.